The predicted molar refractivity (Wildman–Crippen MR) is 97.5 cm³/mol. The number of carbonyl (C=O) groups is 2. The van der Waals surface area contributed by atoms with Gasteiger partial charge in [-0.3, -0.25) is 9.59 Å². The van der Waals surface area contributed by atoms with Crippen molar-refractivity contribution in [2.45, 2.75) is 39.2 Å². The molecule has 24 heavy (non-hydrogen) atoms. The van der Waals surface area contributed by atoms with Gasteiger partial charge in [0.05, 0.1) is 4.88 Å². The molecule has 1 atom stereocenters. The summed E-state index contributed by atoms with van der Waals surface area (Å²) in [5.74, 6) is -0.128. The number of nitrogens with one attached hydrogen (secondary N) is 1. The van der Waals surface area contributed by atoms with Gasteiger partial charge < -0.3 is 10.2 Å². The van der Waals surface area contributed by atoms with Gasteiger partial charge in [0.15, 0.2) is 0 Å². The van der Waals surface area contributed by atoms with E-state index < -0.39 is 6.04 Å². The summed E-state index contributed by atoms with van der Waals surface area (Å²) in [7, 11) is 0. The molecule has 0 bridgehead atoms. The normalized spacial score (nSPS) is 17.6. The van der Waals surface area contributed by atoms with Gasteiger partial charge in [-0.1, -0.05) is 23.8 Å². The van der Waals surface area contributed by atoms with Crippen molar-refractivity contribution in [2.24, 2.45) is 0 Å². The molecule has 1 aliphatic heterocycles. The fourth-order valence-electron chi connectivity index (χ4n) is 3.16. The van der Waals surface area contributed by atoms with Gasteiger partial charge in [-0.05, 0) is 56.2 Å². The van der Waals surface area contributed by atoms with Gasteiger partial charge in [-0.25, -0.2) is 0 Å². The van der Waals surface area contributed by atoms with Crippen LogP contribution >= 0.6 is 11.3 Å². The van der Waals surface area contributed by atoms with E-state index in [1.165, 1.54) is 11.3 Å². The minimum absolute atomic E-state index is 0.0366. The van der Waals surface area contributed by atoms with Gasteiger partial charge in [-0.2, -0.15) is 0 Å². The van der Waals surface area contributed by atoms with E-state index in [-0.39, 0.29) is 11.8 Å². The Bertz CT molecular complexity index is 740. The third-order valence-electron chi connectivity index (χ3n) is 4.44. The molecular formula is C19H22N2O2S. The Morgan fingerprint density at radius 2 is 2.04 bits per heavy atom. The molecule has 126 valence electrons. The summed E-state index contributed by atoms with van der Waals surface area (Å²) in [6, 6.07) is 9.25. The lowest BCUT2D eigenvalue weighted by Crippen LogP contribution is -2.49. The van der Waals surface area contributed by atoms with Gasteiger partial charge >= 0.3 is 0 Å². The zero-order valence-corrected chi connectivity index (χ0v) is 14.9. The van der Waals surface area contributed by atoms with E-state index in [2.05, 4.69) is 5.32 Å². The van der Waals surface area contributed by atoms with Crippen molar-refractivity contribution >= 4 is 28.8 Å². The van der Waals surface area contributed by atoms with Crippen LogP contribution in [0.3, 0.4) is 0 Å². The van der Waals surface area contributed by atoms with Gasteiger partial charge in [0.25, 0.3) is 5.91 Å². The smallest absolute Gasteiger partial charge is 0.264 e. The molecule has 2 aromatic rings. The van der Waals surface area contributed by atoms with Crippen LogP contribution in [0.2, 0.25) is 0 Å². The third-order valence-corrected chi connectivity index (χ3v) is 5.30. The van der Waals surface area contributed by atoms with Crippen molar-refractivity contribution in [3.63, 3.8) is 0 Å². The van der Waals surface area contributed by atoms with Gasteiger partial charge in [0.1, 0.15) is 6.04 Å². The fraction of sp³-hybridized carbons (Fsp3) is 0.368. The molecule has 0 spiro atoms. The molecule has 1 fully saturated rings. The highest BCUT2D eigenvalue weighted by Gasteiger charge is 2.33. The number of anilines is 1. The molecule has 5 heteroatoms. The van der Waals surface area contributed by atoms with Crippen LogP contribution in [0.15, 0.2) is 35.7 Å². The molecule has 0 aliphatic carbocycles. The van der Waals surface area contributed by atoms with Gasteiger partial charge in [0.2, 0.25) is 5.91 Å². The SMILES string of the molecule is Cc1ccc(NC(=O)[C@@H]2CCCCN2C(=O)c2cccs2)c(C)c1. The van der Waals surface area contributed by atoms with Crippen LogP contribution in [-0.4, -0.2) is 29.3 Å². The monoisotopic (exact) mass is 342 g/mol. The highest BCUT2D eigenvalue weighted by molar-refractivity contribution is 7.12. The van der Waals surface area contributed by atoms with E-state index in [1.807, 2.05) is 49.6 Å². The maximum absolute atomic E-state index is 12.8. The Hall–Kier alpha value is -2.14. The zero-order valence-electron chi connectivity index (χ0n) is 14.0. The number of nitrogens with zero attached hydrogens (tertiary/aromatic N) is 1. The van der Waals surface area contributed by atoms with E-state index >= 15 is 0 Å². The second-order valence-corrected chi connectivity index (χ2v) is 7.24. The number of amides is 2. The third kappa shape index (κ3) is 3.51. The Labute approximate surface area is 146 Å². The number of rotatable bonds is 3. The van der Waals surface area contributed by atoms with E-state index in [0.29, 0.717) is 17.8 Å². The lowest BCUT2D eigenvalue weighted by atomic mass is 10.0. The summed E-state index contributed by atoms with van der Waals surface area (Å²) in [6.45, 7) is 4.65. The number of likely N-dealkylation sites (tertiary alicyclic amines) is 1. The number of benzene rings is 1. The minimum Gasteiger partial charge on any atom is -0.326 e. The summed E-state index contributed by atoms with van der Waals surface area (Å²) >= 11 is 1.42. The average molecular weight is 342 g/mol. The van der Waals surface area contributed by atoms with Crippen LogP contribution in [0, 0.1) is 13.8 Å². The van der Waals surface area contributed by atoms with Crippen LogP contribution in [-0.2, 0) is 4.79 Å². The Morgan fingerprint density at radius 3 is 2.75 bits per heavy atom. The molecule has 3 rings (SSSR count). The van der Waals surface area contributed by atoms with Crippen LogP contribution in [0.1, 0.15) is 40.1 Å². The van der Waals surface area contributed by atoms with E-state index in [9.17, 15) is 9.59 Å². The molecule has 2 heterocycles. The van der Waals surface area contributed by atoms with Crippen LogP contribution in [0.5, 0.6) is 0 Å². The molecule has 1 aromatic carbocycles. The Kier molecular flexibility index (Phi) is 5.00. The van der Waals surface area contributed by atoms with E-state index in [1.54, 1.807) is 4.90 Å². The summed E-state index contributed by atoms with van der Waals surface area (Å²) in [5, 5.41) is 4.90. The average Bonchev–Trinajstić information content (AvgIpc) is 3.11. The zero-order chi connectivity index (χ0) is 17.1. The Morgan fingerprint density at radius 1 is 1.21 bits per heavy atom. The first-order valence-corrected chi connectivity index (χ1v) is 9.17. The van der Waals surface area contributed by atoms with Crippen molar-refractivity contribution in [1.29, 1.82) is 0 Å². The maximum atomic E-state index is 12.8. The second kappa shape index (κ2) is 7.18. The molecule has 1 N–H and O–H groups in total. The minimum atomic E-state index is -0.394. The first-order valence-electron chi connectivity index (χ1n) is 8.29. The maximum Gasteiger partial charge on any atom is 0.264 e. The Balaban J connectivity index is 1.77. The highest BCUT2D eigenvalue weighted by atomic mass is 32.1. The number of aryl methyl sites for hydroxylation is 2. The van der Waals surface area contributed by atoms with Gasteiger partial charge in [-0.15, -0.1) is 11.3 Å². The molecule has 1 aromatic heterocycles. The number of hydrogen-bond donors (Lipinski definition) is 1. The first-order chi connectivity index (χ1) is 11.6. The lowest BCUT2D eigenvalue weighted by molar-refractivity contribution is -0.121. The quantitative estimate of drug-likeness (QED) is 0.916. The van der Waals surface area contributed by atoms with Crippen LogP contribution in [0.4, 0.5) is 5.69 Å². The second-order valence-electron chi connectivity index (χ2n) is 6.30. The standard InChI is InChI=1S/C19H22N2O2S/c1-13-8-9-15(14(2)12-13)20-18(22)16-6-3-4-10-21(16)19(23)17-7-5-11-24-17/h5,7-9,11-12,16H,3-4,6,10H2,1-2H3,(H,20,22)/t16-/m0/s1. The molecular weight excluding hydrogens is 320 g/mol. The highest BCUT2D eigenvalue weighted by Crippen LogP contribution is 2.24. The molecule has 1 saturated heterocycles. The first kappa shape index (κ1) is 16.7. The molecule has 0 radical (unpaired) electrons. The van der Waals surface area contributed by atoms with Crippen LogP contribution < -0.4 is 5.32 Å². The molecule has 1 aliphatic rings. The summed E-state index contributed by atoms with van der Waals surface area (Å²) in [4.78, 5) is 27.9. The molecule has 2 amide bonds. The number of hydrogen-bond acceptors (Lipinski definition) is 3. The van der Waals surface area contributed by atoms with Crippen LogP contribution in [0.25, 0.3) is 0 Å². The molecule has 0 unspecified atom stereocenters. The summed E-state index contributed by atoms with van der Waals surface area (Å²) in [6.07, 6.45) is 2.64. The van der Waals surface area contributed by atoms with Gasteiger partial charge in [0, 0.05) is 12.2 Å². The summed E-state index contributed by atoms with van der Waals surface area (Å²) in [5.41, 5.74) is 3.02. The van der Waals surface area contributed by atoms with E-state index in [0.717, 1.165) is 29.7 Å². The van der Waals surface area contributed by atoms with Crippen molar-refractivity contribution in [2.75, 3.05) is 11.9 Å². The lowest BCUT2D eigenvalue weighted by Gasteiger charge is -2.34. The largest absolute Gasteiger partial charge is 0.326 e. The fourth-order valence-corrected chi connectivity index (χ4v) is 3.84. The number of thiophene rings is 1. The number of carbonyl (C=O) groups excluding carboxylic acids is 2. The molecule has 4 nitrogen and oxygen atoms in total. The van der Waals surface area contributed by atoms with Crippen molar-refractivity contribution in [3.8, 4) is 0 Å². The molecule has 0 saturated carbocycles. The van der Waals surface area contributed by atoms with Crippen molar-refractivity contribution in [3.05, 3.63) is 51.7 Å². The predicted octanol–water partition coefficient (Wildman–Crippen LogP) is 4.00. The number of piperidine rings is 1. The van der Waals surface area contributed by atoms with Crippen molar-refractivity contribution in [1.82, 2.24) is 4.90 Å². The topological polar surface area (TPSA) is 49.4 Å². The van der Waals surface area contributed by atoms with Crippen molar-refractivity contribution < 1.29 is 9.59 Å². The van der Waals surface area contributed by atoms with E-state index in [4.69, 9.17) is 0 Å². The summed E-state index contributed by atoms with van der Waals surface area (Å²) < 4.78 is 0.